The average Bonchev–Trinajstić information content (AvgIpc) is 2.39. The lowest BCUT2D eigenvalue weighted by atomic mass is 9.96. The molecule has 19 heavy (non-hydrogen) atoms. The standard InChI is InChI=1S/C14H20O5/c1-9(14(15)16)5-10-6-12(18-3)13(19-4)7-11(10)8-17-2/h6-7,9H,5,8H2,1-4H3,(H,15,16). The third kappa shape index (κ3) is 3.86. The van der Waals surface area contributed by atoms with Crippen molar-refractivity contribution in [3.05, 3.63) is 23.3 Å². The highest BCUT2D eigenvalue weighted by atomic mass is 16.5. The van der Waals surface area contributed by atoms with E-state index in [0.717, 1.165) is 11.1 Å². The summed E-state index contributed by atoms with van der Waals surface area (Å²) in [6.45, 7) is 2.08. The van der Waals surface area contributed by atoms with Crippen LogP contribution in [0.15, 0.2) is 12.1 Å². The van der Waals surface area contributed by atoms with Gasteiger partial charge in [-0.3, -0.25) is 4.79 Å². The van der Waals surface area contributed by atoms with Crippen LogP contribution in [0.3, 0.4) is 0 Å². The maximum atomic E-state index is 11.0. The van der Waals surface area contributed by atoms with E-state index in [0.29, 0.717) is 24.5 Å². The van der Waals surface area contributed by atoms with Gasteiger partial charge in [-0.05, 0) is 29.7 Å². The second kappa shape index (κ2) is 6.99. The minimum Gasteiger partial charge on any atom is -0.493 e. The van der Waals surface area contributed by atoms with Crippen LogP contribution in [-0.2, 0) is 22.6 Å². The Balaban J connectivity index is 3.15. The molecule has 106 valence electrons. The largest absolute Gasteiger partial charge is 0.493 e. The maximum absolute atomic E-state index is 11.0. The van der Waals surface area contributed by atoms with Crippen molar-refractivity contribution in [2.24, 2.45) is 5.92 Å². The Kier molecular flexibility index (Phi) is 5.63. The molecule has 1 N–H and O–H groups in total. The van der Waals surface area contributed by atoms with E-state index in [1.807, 2.05) is 12.1 Å². The number of benzene rings is 1. The van der Waals surface area contributed by atoms with E-state index in [2.05, 4.69) is 0 Å². The number of methoxy groups -OCH3 is 3. The lowest BCUT2D eigenvalue weighted by Gasteiger charge is -2.16. The molecule has 0 heterocycles. The van der Waals surface area contributed by atoms with E-state index in [-0.39, 0.29) is 0 Å². The predicted octanol–water partition coefficient (Wildman–Crippen LogP) is 2.11. The molecule has 0 fully saturated rings. The van der Waals surface area contributed by atoms with Crippen molar-refractivity contribution >= 4 is 5.97 Å². The molecule has 1 unspecified atom stereocenters. The molecule has 0 aliphatic rings. The topological polar surface area (TPSA) is 65.0 Å². The smallest absolute Gasteiger partial charge is 0.306 e. The highest BCUT2D eigenvalue weighted by Crippen LogP contribution is 2.32. The summed E-state index contributed by atoms with van der Waals surface area (Å²) >= 11 is 0. The summed E-state index contributed by atoms with van der Waals surface area (Å²) < 4.78 is 15.6. The van der Waals surface area contributed by atoms with Gasteiger partial charge >= 0.3 is 5.97 Å². The second-order valence-corrected chi connectivity index (χ2v) is 4.35. The molecule has 0 bridgehead atoms. The first-order valence-electron chi connectivity index (χ1n) is 5.99. The third-order valence-corrected chi connectivity index (χ3v) is 2.95. The number of hydrogen-bond acceptors (Lipinski definition) is 4. The van der Waals surface area contributed by atoms with Gasteiger partial charge in [-0.2, -0.15) is 0 Å². The van der Waals surface area contributed by atoms with Crippen LogP contribution in [0.2, 0.25) is 0 Å². The van der Waals surface area contributed by atoms with Crippen molar-refractivity contribution in [2.75, 3.05) is 21.3 Å². The molecule has 5 nitrogen and oxygen atoms in total. The van der Waals surface area contributed by atoms with Crippen LogP contribution in [0.5, 0.6) is 11.5 Å². The first-order chi connectivity index (χ1) is 9.03. The average molecular weight is 268 g/mol. The monoisotopic (exact) mass is 268 g/mol. The van der Waals surface area contributed by atoms with Gasteiger partial charge in [0.2, 0.25) is 0 Å². The lowest BCUT2D eigenvalue weighted by molar-refractivity contribution is -0.141. The van der Waals surface area contributed by atoms with Gasteiger partial charge in [0.15, 0.2) is 11.5 Å². The summed E-state index contributed by atoms with van der Waals surface area (Å²) in [6.07, 6.45) is 0.425. The van der Waals surface area contributed by atoms with Crippen LogP contribution in [0, 0.1) is 5.92 Å². The molecule has 1 atom stereocenters. The molecule has 0 amide bonds. The summed E-state index contributed by atoms with van der Waals surface area (Å²) in [4.78, 5) is 11.0. The first kappa shape index (κ1) is 15.3. The van der Waals surface area contributed by atoms with E-state index < -0.39 is 11.9 Å². The number of aliphatic carboxylic acids is 1. The van der Waals surface area contributed by atoms with E-state index >= 15 is 0 Å². The molecule has 5 heteroatoms. The molecule has 1 aromatic carbocycles. The van der Waals surface area contributed by atoms with Crippen LogP contribution in [-0.4, -0.2) is 32.4 Å². The molecule has 0 spiro atoms. The molecule has 0 saturated carbocycles. The van der Waals surface area contributed by atoms with E-state index in [1.165, 1.54) is 0 Å². The maximum Gasteiger partial charge on any atom is 0.306 e. The van der Waals surface area contributed by atoms with Crippen molar-refractivity contribution in [3.63, 3.8) is 0 Å². The summed E-state index contributed by atoms with van der Waals surface area (Å²) in [7, 11) is 4.72. The predicted molar refractivity (Wildman–Crippen MR) is 70.8 cm³/mol. The summed E-state index contributed by atoms with van der Waals surface area (Å²) in [5.74, 6) is -0.0805. The highest BCUT2D eigenvalue weighted by molar-refractivity contribution is 5.70. The summed E-state index contributed by atoms with van der Waals surface area (Å²) in [5, 5.41) is 9.00. The SMILES string of the molecule is COCc1cc(OC)c(OC)cc1CC(C)C(=O)O. The zero-order valence-electron chi connectivity index (χ0n) is 11.7. The van der Waals surface area contributed by atoms with Crippen molar-refractivity contribution in [3.8, 4) is 11.5 Å². The van der Waals surface area contributed by atoms with E-state index in [9.17, 15) is 4.79 Å². The minimum absolute atomic E-state index is 0.405. The molecular weight excluding hydrogens is 248 g/mol. The fraction of sp³-hybridized carbons (Fsp3) is 0.500. The van der Waals surface area contributed by atoms with Gasteiger partial charge < -0.3 is 19.3 Å². The van der Waals surface area contributed by atoms with Crippen LogP contribution < -0.4 is 9.47 Å². The molecule has 0 aromatic heterocycles. The fourth-order valence-corrected chi connectivity index (χ4v) is 1.86. The van der Waals surface area contributed by atoms with Gasteiger partial charge in [-0.1, -0.05) is 6.92 Å². The van der Waals surface area contributed by atoms with E-state index in [1.54, 1.807) is 28.3 Å². The summed E-state index contributed by atoms with van der Waals surface area (Å²) in [6, 6.07) is 3.64. The van der Waals surface area contributed by atoms with Crippen molar-refractivity contribution in [2.45, 2.75) is 20.0 Å². The molecular formula is C14H20O5. The number of ether oxygens (including phenoxy) is 3. The second-order valence-electron chi connectivity index (χ2n) is 4.35. The Labute approximate surface area is 113 Å². The number of rotatable bonds is 7. The Morgan fingerprint density at radius 1 is 1.16 bits per heavy atom. The molecule has 0 saturated heterocycles. The van der Waals surface area contributed by atoms with E-state index in [4.69, 9.17) is 19.3 Å². The highest BCUT2D eigenvalue weighted by Gasteiger charge is 2.17. The molecule has 1 aromatic rings. The normalized spacial score (nSPS) is 12.0. The molecule has 1 rings (SSSR count). The third-order valence-electron chi connectivity index (χ3n) is 2.95. The molecule has 0 aliphatic carbocycles. The Morgan fingerprint density at radius 2 is 1.68 bits per heavy atom. The molecule has 0 aliphatic heterocycles. The quantitative estimate of drug-likeness (QED) is 0.820. The number of carboxylic acids is 1. The Bertz CT molecular complexity index is 442. The molecule has 0 radical (unpaired) electrons. The number of hydrogen-bond donors (Lipinski definition) is 1. The van der Waals surface area contributed by atoms with Crippen molar-refractivity contribution < 1.29 is 24.1 Å². The van der Waals surface area contributed by atoms with Gasteiger partial charge in [-0.15, -0.1) is 0 Å². The Morgan fingerprint density at radius 3 is 2.11 bits per heavy atom. The van der Waals surface area contributed by atoms with Crippen molar-refractivity contribution in [1.82, 2.24) is 0 Å². The number of carbonyl (C=O) groups is 1. The number of carboxylic acid groups (broad SMARTS) is 1. The van der Waals surface area contributed by atoms with Gasteiger partial charge in [0, 0.05) is 7.11 Å². The van der Waals surface area contributed by atoms with Crippen LogP contribution in [0.25, 0.3) is 0 Å². The van der Waals surface area contributed by atoms with Crippen LogP contribution >= 0.6 is 0 Å². The first-order valence-corrected chi connectivity index (χ1v) is 5.99. The summed E-state index contributed by atoms with van der Waals surface area (Å²) in [5.41, 5.74) is 1.81. The fourth-order valence-electron chi connectivity index (χ4n) is 1.86. The van der Waals surface area contributed by atoms with Crippen molar-refractivity contribution in [1.29, 1.82) is 0 Å². The Hall–Kier alpha value is -1.75. The zero-order valence-corrected chi connectivity index (χ0v) is 11.7. The van der Waals surface area contributed by atoms with Gasteiger partial charge in [0.05, 0.1) is 26.7 Å². The van der Waals surface area contributed by atoms with Gasteiger partial charge in [0.1, 0.15) is 0 Å². The van der Waals surface area contributed by atoms with Gasteiger partial charge in [0.25, 0.3) is 0 Å². The lowest BCUT2D eigenvalue weighted by Crippen LogP contribution is -2.14. The van der Waals surface area contributed by atoms with Crippen LogP contribution in [0.4, 0.5) is 0 Å². The minimum atomic E-state index is -0.821. The van der Waals surface area contributed by atoms with Crippen LogP contribution in [0.1, 0.15) is 18.1 Å². The van der Waals surface area contributed by atoms with Gasteiger partial charge in [-0.25, -0.2) is 0 Å². The zero-order chi connectivity index (χ0) is 14.4.